The van der Waals surface area contributed by atoms with Gasteiger partial charge in [0.2, 0.25) is 5.91 Å². The smallest absolute Gasteiger partial charge is 0.236 e. The molecule has 4 nitrogen and oxygen atoms in total. The van der Waals surface area contributed by atoms with E-state index in [9.17, 15) is 4.79 Å². The molecule has 0 aliphatic heterocycles. The fourth-order valence-electron chi connectivity index (χ4n) is 0.749. The van der Waals surface area contributed by atoms with Gasteiger partial charge in [-0.25, -0.2) is 0 Å². The van der Waals surface area contributed by atoms with Crippen molar-refractivity contribution in [1.29, 1.82) is 5.26 Å². The number of carbonyl (C=O) groups excluding carboxylic acids is 1. The number of carbonyl (C=O) groups is 1. The summed E-state index contributed by atoms with van der Waals surface area (Å²) < 4.78 is 0. The van der Waals surface area contributed by atoms with E-state index in [4.69, 9.17) is 11.0 Å². The Kier molecular flexibility index (Phi) is 7.45. The van der Waals surface area contributed by atoms with E-state index < -0.39 is 6.04 Å². The number of nitrogens with two attached hydrogens (primary N) is 1. The van der Waals surface area contributed by atoms with Crippen LogP contribution < -0.4 is 11.1 Å². The van der Waals surface area contributed by atoms with Gasteiger partial charge in [0.1, 0.15) is 0 Å². The van der Waals surface area contributed by atoms with Crippen LogP contribution in [0, 0.1) is 11.3 Å². The summed E-state index contributed by atoms with van der Waals surface area (Å²) in [6, 6.07) is 1.51. The van der Waals surface area contributed by atoms with Crippen molar-refractivity contribution in [3.8, 4) is 6.07 Å². The van der Waals surface area contributed by atoms with Crippen LogP contribution in [0.1, 0.15) is 12.8 Å². The summed E-state index contributed by atoms with van der Waals surface area (Å²) in [5, 5.41) is 10.8. The number of thioether (sulfide) groups is 1. The topological polar surface area (TPSA) is 78.9 Å². The van der Waals surface area contributed by atoms with Crippen molar-refractivity contribution in [2.24, 2.45) is 5.73 Å². The standard InChI is InChI=1S/C8H15N3OS/c1-13-6-3-7(10)8(12)11-5-2-4-9/h7H,2-3,5-6,10H2,1H3,(H,11,12)/t7-/m1/s1. The Morgan fingerprint density at radius 2 is 2.46 bits per heavy atom. The number of amides is 1. The predicted octanol–water partition coefficient (Wildman–Crippen LogP) is 0.0967. The molecule has 0 radical (unpaired) electrons. The Labute approximate surface area is 82.9 Å². The third-order valence-electron chi connectivity index (χ3n) is 1.51. The van der Waals surface area contributed by atoms with Crippen molar-refractivity contribution in [2.75, 3.05) is 18.6 Å². The van der Waals surface area contributed by atoms with Crippen LogP contribution in [0.2, 0.25) is 0 Å². The van der Waals surface area contributed by atoms with E-state index >= 15 is 0 Å². The van der Waals surface area contributed by atoms with Crippen molar-refractivity contribution in [2.45, 2.75) is 18.9 Å². The van der Waals surface area contributed by atoms with E-state index in [0.29, 0.717) is 19.4 Å². The van der Waals surface area contributed by atoms with Gasteiger partial charge in [-0.3, -0.25) is 4.79 Å². The van der Waals surface area contributed by atoms with Gasteiger partial charge in [-0.1, -0.05) is 0 Å². The quantitative estimate of drug-likeness (QED) is 0.597. The van der Waals surface area contributed by atoms with E-state index in [1.54, 1.807) is 11.8 Å². The van der Waals surface area contributed by atoms with Gasteiger partial charge in [0.15, 0.2) is 0 Å². The van der Waals surface area contributed by atoms with Crippen LogP contribution in [-0.4, -0.2) is 30.5 Å². The lowest BCUT2D eigenvalue weighted by molar-refractivity contribution is -0.122. The molecule has 0 fully saturated rings. The minimum Gasteiger partial charge on any atom is -0.354 e. The van der Waals surface area contributed by atoms with E-state index in [0.717, 1.165) is 5.75 Å². The molecule has 0 aliphatic carbocycles. The van der Waals surface area contributed by atoms with E-state index in [2.05, 4.69) is 5.32 Å². The summed E-state index contributed by atoms with van der Waals surface area (Å²) in [4.78, 5) is 11.2. The van der Waals surface area contributed by atoms with Gasteiger partial charge in [0, 0.05) is 6.54 Å². The molecule has 13 heavy (non-hydrogen) atoms. The molecule has 0 aromatic carbocycles. The molecule has 0 rings (SSSR count). The fourth-order valence-corrected chi connectivity index (χ4v) is 1.24. The number of hydrogen-bond acceptors (Lipinski definition) is 4. The Morgan fingerprint density at radius 3 is 3.00 bits per heavy atom. The van der Waals surface area contributed by atoms with Gasteiger partial charge in [0.05, 0.1) is 18.5 Å². The third-order valence-corrected chi connectivity index (χ3v) is 2.15. The summed E-state index contributed by atoms with van der Waals surface area (Å²) in [6.45, 7) is 0.391. The van der Waals surface area contributed by atoms with Gasteiger partial charge in [0.25, 0.3) is 0 Å². The Balaban J connectivity index is 3.52. The van der Waals surface area contributed by atoms with Crippen molar-refractivity contribution in [3.05, 3.63) is 0 Å². The fraction of sp³-hybridized carbons (Fsp3) is 0.750. The molecule has 1 amide bonds. The molecular weight excluding hydrogens is 186 g/mol. The lowest BCUT2D eigenvalue weighted by atomic mass is 10.2. The highest BCUT2D eigenvalue weighted by atomic mass is 32.2. The molecule has 74 valence electrons. The first-order chi connectivity index (χ1) is 6.22. The average Bonchev–Trinajstić information content (AvgIpc) is 2.14. The molecule has 5 heteroatoms. The van der Waals surface area contributed by atoms with Crippen LogP contribution in [0.5, 0.6) is 0 Å². The highest BCUT2D eigenvalue weighted by molar-refractivity contribution is 7.98. The number of nitrogens with one attached hydrogen (secondary N) is 1. The van der Waals surface area contributed by atoms with Gasteiger partial charge >= 0.3 is 0 Å². The molecule has 3 N–H and O–H groups in total. The molecule has 0 unspecified atom stereocenters. The zero-order chi connectivity index (χ0) is 10.1. The summed E-state index contributed by atoms with van der Waals surface area (Å²) in [6.07, 6.45) is 2.99. The molecule has 0 heterocycles. The zero-order valence-electron chi connectivity index (χ0n) is 7.75. The van der Waals surface area contributed by atoms with Gasteiger partial charge in [-0.2, -0.15) is 17.0 Å². The minimum absolute atomic E-state index is 0.163. The highest BCUT2D eigenvalue weighted by Gasteiger charge is 2.11. The average molecular weight is 201 g/mol. The van der Waals surface area contributed by atoms with Crippen LogP contribution in [0.15, 0.2) is 0 Å². The molecule has 0 aliphatic rings. The van der Waals surface area contributed by atoms with E-state index in [1.165, 1.54) is 0 Å². The Morgan fingerprint density at radius 1 is 1.77 bits per heavy atom. The maximum absolute atomic E-state index is 11.2. The summed E-state index contributed by atoms with van der Waals surface area (Å²) in [5.74, 6) is 0.719. The molecule has 0 saturated carbocycles. The second-order valence-electron chi connectivity index (χ2n) is 2.59. The highest BCUT2D eigenvalue weighted by Crippen LogP contribution is 1.98. The van der Waals surface area contributed by atoms with E-state index in [1.807, 2.05) is 12.3 Å². The molecular formula is C8H15N3OS. The second kappa shape index (κ2) is 7.90. The van der Waals surface area contributed by atoms with Crippen LogP contribution >= 0.6 is 11.8 Å². The minimum atomic E-state index is -0.439. The summed E-state index contributed by atoms with van der Waals surface area (Å²) >= 11 is 1.66. The zero-order valence-corrected chi connectivity index (χ0v) is 8.56. The van der Waals surface area contributed by atoms with Crippen molar-refractivity contribution < 1.29 is 4.79 Å². The van der Waals surface area contributed by atoms with Gasteiger partial charge in [-0.15, -0.1) is 0 Å². The Bertz CT molecular complexity index is 190. The monoisotopic (exact) mass is 201 g/mol. The number of nitriles is 1. The predicted molar refractivity (Wildman–Crippen MR) is 54.2 cm³/mol. The number of nitrogens with zero attached hydrogens (tertiary/aromatic N) is 1. The first kappa shape index (κ1) is 12.3. The molecule has 1 atom stereocenters. The molecule has 0 aromatic rings. The number of rotatable bonds is 6. The molecule has 0 spiro atoms. The summed E-state index contributed by atoms with van der Waals surface area (Å²) in [7, 11) is 0. The third kappa shape index (κ3) is 6.43. The lowest BCUT2D eigenvalue weighted by Gasteiger charge is -2.09. The SMILES string of the molecule is CSCC[C@@H](N)C(=O)NCCC#N. The first-order valence-electron chi connectivity index (χ1n) is 4.11. The van der Waals surface area contributed by atoms with Crippen molar-refractivity contribution in [3.63, 3.8) is 0 Å². The lowest BCUT2D eigenvalue weighted by Crippen LogP contribution is -2.41. The number of hydrogen-bond donors (Lipinski definition) is 2. The largest absolute Gasteiger partial charge is 0.354 e. The van der Waals surface area contributed by atoms with Crippen LogP contribution in [-0.2, 0) is 4.79 Å². The van der Waals surface area contributed by atoms with Crippen molar-refractivity contribution in [1.82, 2.24) is 5.32 Å². The van der Waals surface area contributed by atoms with Crippen LogP contribution in [0.25, 0.3) is 0 Å². The van der Waals surface area contributed by atoms with Gasteiger partial charge in [-0.05, 0) is 18.4 Å². The maximum atomic E-state index is 11.2. The molecule has 0 bridgehead atoms. The van der Waals surface area contributed by atoms with Crippen molar-refractivity contribution >= 4 is 17.7 Å². The summed E-state index contributed by atoms with van der Waals surface area (Å²) in [5.41, 5.74) is 5.58. The second-order valence-corrected chi connectivity index (χ2v) is 3.57. The molecule has 0 aromatic heterocycles. The Hall–Kier alpha value is -0.730. The van der Waals surface area contributed by atoms with Crippen LogP contribution in [0.3, 0.4) is 0 Å². The maximum Gasteiger partial charge on any atom is 0.236 e. The van der Waals surface area contributed by atoms with Gasteiger partial charge < -0.3 is 11.1 Å². The molecule has 0 saturated heterocycles. The van der Waals surface area contributed by atoms with E-state index in [-0.39, 0.29) is 5.91 Å². The normalized spacial score (nSPS) is 11.8. The first-order valence-corrected chi connectivity index (χ1v) is 5.51. The van der Waals surface area contributed by atoms with Crippen LogP contribution in [0.4, 0.5) is 0 Å².